The number of carbonyl (C=O) groups excluding carboxylic acids is 1. The van der Waals surface area contributed by atoms with E-state index in [0.29, 0.717) is 25.4 Å². The standard InChI is InChI=1S/C16H18O4/c1-16(2)19-14-12(8-13(17)15(14)20-16)10-18-9-11-6-4-3-5-7-11/h3-7,15H,8-10H2,1-2H3/t15-/m0/s1. The summed E-state index contributed by atoms with van der Waals surface area (Å²) in [4.78, 5) is 11.9. The summed E-state index contributed by atoms with van der Waals surface area (Å²) in [5.41, 5.74) is 2.02. The number of hydrogen-bond donors (Lipinski definition) is 0. The molecule has 1 atom stereocenters. The lowest BCUT2D eigenvalue weighted by atomic mass is 10.2. The van der Waals surface area contributed by atoms with Crippen molar-refractivity contribution in [2.24, 2.45) is 0 Å². The summed E-state index contributed by atoms with van der Waals surface area (Å²) in [6, 6.07) is 9.95. The quantitative estimate of drug-likeness (QED) is 0.846. The minimum Gasteiger partial charge on any atom is -0.464 e. The molecule has 0 aromatic heterocycles. The van der Waals surface area contributed by atoms with Crippen LogP contribution in [0.4, 0.5) is 0 Å². The molecule has 4 heteroatoms. The fraction of sp³-hybridized carbons (Fsp3) is 0.438. The molecule has 0 bridgehead atoms. The van der Waals surface area contributed by atoms with Gasteiger partial charge in [0.15, 0.2) is 11.9 Å². The fourth-order valence-electron chi connectivity index (χ4n) is 2.53. The van der Waals surface area contributed by atoms with Crippen molar-refractivity contribution in [1.82, 2.24) is 0 Å². The molecule has 0 spiro atoms. The van der Waals surface area contributed by atoms with Gasteiger partial charge in [-0.15, -0.1) is 0 Å². The number of hydrogen-bond acceptors (Lipinski definition) is 4. The first-order valence-corrected chi connectivity index (χ1v) is 6.78. The Balaban J connectivity index is 1.63. The maximum absolute atomic E-state index is 11.9. The number of fused-ring (bicyclic) bond motifs is 1. The predicted octanol–water partition coefficient (Wildman–Crippen LogP) is 2.58. The van der Waals surface area contributed by atoms with Crippen LogP contribution in [-0.2, 0) is 25.6 Å². The summed E-state index contributed by atoms with van der Waals surface area (Å²) < 4.78 is 17.0. The van der Waals surface area contributed by atoms with E-state index in [1.165, 1.54) is 0 Å². The van der Waals surface area contributed by atoms with Crippen molar-refractivity contribution in [1.29, 1.82) is 0 Å². The van der Waals surface area contributed by atoms with Crippen LogP contribution in [0.3, 0.4) is 0 Å². The molecule has 0 unspecified atom stereocenters. The van der Waals surface area contributed by atoms with Gasteiger partial charge in [0.05, 0.1) is 13.2 Å². The first-order chi connectivity index (χ1) is 9.55. The smallest absolute Gasteiger partial charge is 0.205 e. The lowest BCUT2D eigenvalue weighted by Gasteiger charge is -2.17. The Labute approximate surface area is 118 Å². The van der Waals surface area contributed by atoms with Crippen LogP contribution in [-0.4, -0.2) is 24.3 Å². The molecule has 20 heavy (non-hydrogen) atoms. The molecule has 1 aliphatic heterocycles. The van der Waals surface area contributed by atoms with Crippen molar-refractivity contribution in [3.8, 4) is 0 Å². The number of carbonyl (C=O) groups is 1. The molecule has 1 aromatic rings. The zero-order valence-electron chi connectivity index (χ0n) is 11.7. The number of ketones is 1. The van der Waals surface area contributed by atoms with Crippen LogP contribution in [0.1, 0.15) is 25.8 Å². The molecule has 106 valence electrons. The molecule has 1 aromatic carbocycles. The van der Waals surface area contributed by atoms with Gasteiger partial charge in [-0.2, -0.15) is 0 Å². The molecule has 0 amide bonds. The van der Waals surface area contributed by atoms with Gasteiger partial charge in [-0.05, 0) is 5.56 Å². The average molecular weight is 274 g/mol. The lowest BCUT2D eigenvalue weighted by Crippen LogP contribution is -2.25. The molecule has 1 saturated heterocycles. The Morgan fingerprint density at radius 3 is 2.75 bits per heavy atom. The molecule has 1 fully saturated rings. The normalized spacial score (nSPS) is 23.9. The molecular formula is C16H18O4. The van der Waals surface area contributed by atoms with E-state index in [-0.39, 0.29) is 5.78 Å². The summed E-state index contributed by atoms with van der Waals surface area (Å²) >= 11 is 0. The molecule has 1 aliphatic carbocycles. The second kappa shape index (κ2) is 5.04. The van der Waals surface area contributed by atoms with Crippen molar-refractivity contribution < 1.29 is 19.0 Å². The molecule has 1 heterocycles. The Morgan fingerprint density at radius 1 is 1.25 bits per heavy atom. The van der Waals surface area contributed by atoms with E-state index in [1.807, 2.05) is 44.2 Å². The Morgan fingerprint density at radius 2 is 2.00 bits per heavy atom. The largest absolute Gasteiger partial charge is 0.464 e. The van der Waals surface area contributed by atoms with Crippen molar-refractivity contribution in [2.45, 2.75) is 38.8 Å². The van der Waals surface area contributed by atoms with Gasteiger partial charge in [0, 0.05) is 25.8 Å². The van der Waals surface area contributed by atoms with Gasteiger partial charge in [-0.3, -0.25) is 4.79 Å². The van der Waals surface area contributed by atoms with Gasteiger partial charge in [-0.25, -0.2) is 0 Å². The second-order valence-electron chi connectivity index (χ2n) is 5.59. The summed E-state index contributed by atoms with van der Waals surface area (Å²) in [5, 5.41) is 0. The molecule has 2 aliphatic rings. The van der Waals surface area contributed by atoms with Crippen molar-refractivity contribution in [3.63, 3.8) is 0 Å². The molecule has 3 rings (SSSR count). The van der Waals surface area contributed by atoms with E-state index < -0.39 is 11.9 Å². The highest BCUT2D eigenvalue weighted by Gasteiger charge is 2.47. The Kier molecular flexibility index (Phi) is 3.36. The van der Waals surface area contributed by atoms with Gasteiger partial charge >= 0.3 is 0 Å². The predicted molar refractivity (Wildman–Crippen MR) is 72.8 cm³/mol. The molecule has 0 radical (unpaired) electrons. The minimum atomic E-state index is -0.721. The maximum Gasteiger partial charge on any atom is 0.205 e. The van der Waals surface area contributed by atoms with E-state index in [2.05, 4.69) is 0 Å². The zero-order chi connectivity index (χ0) is 14.2. The summed E-state index contributed by atoms with van der Waals surface area (Å²) in [7, 11) is 0. The molecule has 0 N–H and O–H groups in total. The SMILES string of the molecule is CC1(C)OC2=C(COCc3ccccc3)CC(=O)[C@@H]2O1. The summed E-state index contributed by atoms with van der Waals surface area (Å²) in [5.74, 6) is -0.00207. The van der Waals surface area contributed by atoms with Crippen molar-refractivity contribution in [3.05, 3.63) is 47.2 Å². The van der Waals surface area contributed by atoms with E-state index in [1.54, 1.807) is 0 Å². The number of Topliss-reactive ketones (excluding diaryl/α,β-unsaturated/α-hetero) is 1. The maximum atomic E-state index is 11.9. The van der Waals surface area contributed by atoms with Gasteiger partial charge in [-0.1, -0.05) is 30.3 Å². The third kappa shape index (κ3) is 2.62. The summed E-state index contributed by atoms with van der Waals surface area (Å²) in [6.07, 6.45) is -0.162. The van der Waals surface area contributed by atoms with E-state index in [4.69, 9.17) is 14.2 Å². The van der Waals surface area contributed by atoms with Crippen LogP contribution >= 0.6 is 0 Å². The minimum absolute atomic E-state index is 0.0592. The van der Waals surface area contributed by atoms with E-state index >= 15 is 0 Å². The van der Waals surface area contributed by atoms with Crippen LogP contribution in [0.25, 0.3) is 0 Å². The highest BCUT2D eigenvalue weighted by atomic mass is 16.7. The summed E-state index contributed by atoms with van der Waals surface area (Å²) in [6.45, 7) is 4.56. The van der Waals surface area contributed by atoms with Gasteiger partial charge in [0.2, 0.25) is 5.79 Å². The molecule has 4 nitrogen and oxygen atoms in total. The highest BCUT2D eigenvalue weighted by Crippen LogP contribution is 2.39. The van der Waals surface area contributed by atoms with Crippen molar-refractivity contribution >= 4 is 5.78 Å². The second-order valence-corrected chi connectivity index (χ2v) is 5.59. The number of benzene rings is 1. The molecule has 0 saturated carbocycles. The number of rotatable bonds is 4. The average Bonchev–Trinajstić information content (AvgIpc) is 2.87. The third-order valence-electron chi connectivity index (χ3n) is 3.41. The van der Waals surface area contributed by atoms with Gasteiger partial charge < -0.3 is 14.2 Å². The van der Waals surface area contributed by atoms with Gasteiger partial charge in [0.25, 0.3) is 0 Å². The zero-order valence-corrected chi connectivity index (χ0v) is 11.7. The topological polar surface area (TPSA) is 44.8 Å². The van der Waals surface area contributed by atoms with Crippen LogP contribution in [0, 0.1) is 0 Å². The Hall–Kier alpha value is -1.65. The van der Waals surface area contributed by atoms with E-state index in [0.717, 1.165) is 11.1 Å². The van der Waals surface area contributed by atoms with Crippen molar-refractivity contribution in [2.75, 3.05) is 6.61 Å². The molecular weight excluding hydrogens is 256 g/mol. The first kappa shape index (κ1) is 13.3. The third-order valence-corrected chi connectivity index (χ3v) is 3.41. The first-order valence-electron chi connectivity index (χ1n) is 6.78. The van der Waals surface area contributed by atoms with Crippen LogP contribution in [0.5, 0.6) is 0 Å². The highest BCUT2D eigenvalue weighted by molar-refractivity contribution is 5.91. The Bertz CT molecular complexity index is 545. The lowest BCUT2D eigenvalue weighted by molar-refractivity contribution is -0.151. The van der Waals surface area contributed by atoms with Crippen LogP contribution < -0.4 is 0 Å². The van der Waals surface area contributed by atoms with Crippen LogP contribution in [0.15, 0.2) is 41.7 Å². The van der Waals surface area contributed by atoms with Gasteiger partial charge in [0.1, 0.15) is 5.76 Å². The van der Waals surface area contributed by atoms with Crippen LogP contribution in [0.2, 0.25) is 0 Å². The monoisotopic (exact) mass is 274 g/mol. The number of ether oxygens (including phenoxy) is 3. The fourth-order valence-corrected chi connectivity index (χ4v) is 2.53. The van der Waals surface area contributed by atoms with E-state index in [9.17, 15) is 4.79 Å².